The van der Waals surface area contributed by atoms with Crippen LogP contribution in [-0.2, 0) is 5.41 Å². The van der Waals surface area contributed by atoms with Crippen molar-refractivity contribution in [2.75, 3.05) is 20.1 Å². The van der Waals surface area contributed by atoms with Gasteiger partial charge in [-0.1, -0.05) is 23.7 Å². The summed E-state index contributed by atoms with van der Waals surface area (Å²) >= 11 is 6.18. The number of nitrogens with zero attached hydrogens (tertiary/aromatic N) is 2. The van der Waals surface area contributed by atoms with Gasteiger partial charge in [0.05, 0.1) is 0 Å². The molecule has 2 atom stereocenters. The van der Waals surface area contributed by atoms with Gasteiger partial charge < -0.3 is 10.6 Å². The third-order valence-electron chi connectivity index (χ3n) is 6.09. The second-order valence-corrected chi connectivity index (χ2v) is 8.51. The second kappa shape index (κ2) is 6.81. The Bertz CT molecular complexity index is 651. The van der Waals surface area contributed by atoms with E-state index in [0.717, 1.165) is 30.1 Å². The fourth-order valence-corrected chi connectivity index (χ4v) is 4.44. The Morgan fingerprint density at radius 3 is 2.80 bits per heavy atom. The molecule has 0 amide bonds. The van der Waals surface area contributed by atoms with Gasteiger partial charge in [0.1, 0.15) is 0 Å². The van der Waals surface area contributed by atoms with E-state index in [1.54, 1.807) is 0 Å². The molecule has 2 N–H and O–H groups in total. The van der Waals surface area contributed by atoms with E-state index in [1.165, 1.54) is 37.7 Å². The van der Waals surface area contributed by atoms with Crippen LogP contribution in [0.15, 0.2) is 29.3 Å². The first-order valence-corrected chi connectivity index (χ1v) is 9.96. The van der Waals surface area contributed by atoms with Crippen LogP contribution >= 0.6 is 11.6 Å². The van der Waals surface area contributed by atoms with E-state index in [1.807, 2.05) is 13.1 Å². The highest BCUT2D eigenvalue weighted by atomic mass is 35.5. The zero-order chi connectivity index (χ0) is 17.4. The molecule has 5 heteroatoms. The third kappa shape index (κ3) is 3.80. The molecule has 1 heterocycles. The number of hydrogen-bond acceptors (Lipinski definition) is 2. The molecule has 1 saturated heterocycles. The van der Waals surface area contributed by atoms with Crippen LogP contribution < -0.4 is 10.6 Å². The average Bonchev–Trinajstić information content (AvgIpc) is 3.51. The van der Waals surface area contributed by atoms with Crippen molar-refractivity contribution in [1.82, 2.24) is 15.5 Å². The molecular weight excluding hydrogens is 332 g/mol. The van der Waals surface area contributed by atoms with Gasteiger partial charge in [0.15, 0.2) is 5.96 Å². The average molecular weight is 361 g/mol. The second-order valence-electron chi connectivity index (χ2n) is 8.07. The minimum atomic E-state index is 0.228. The molecule has 1 aromatic carbocycles. The van der Waals surface area contributed by atoms with Crippen LogP contribution in [0.1, 0.15) is 44.6 Å². The third-order valence-corrected chi connectivity index (χ3v) is 6.32. The van der Waals surface area contributed by atoms with Crippen LogP contribution in [0.2, 0.25) is 5.02 Å². The quantitative estimate of drug-likeness (QED) is 0.626. The molecule has 2 unspecified atom stereocenters. The van der Waals surface area contributed by atoms with E-state index in [0.29, 0.717) is 12.1 Å². The highest BCUT2D eigenvalue weighted by Gasteiger charge is 2.44. The van der Waals surface area contributed by atoms with E-state index >= 15 is 0 Å². The topological polar surface area (TPSA) is 39.7 Å². The molecule has 0 radical (unpaired) electrons. The number of aliphatic imine (C=N–C) groups is 1. The molecule has 0 spiro atoms. The Morgan fingerprint density at radius 2 is 2.16 bits per heavy atom. The molecular formula is C20H29ClN4. The van der Waals surface area contributed by atoms with Crippen LogP contribution in [0, 0.1) is 0 Å². The molecule has 0 aromatic heterocycles. The van der Waals surface area contributed by atoms with Crippen LogP contribution in [-0.4, -0.2) is 49.1 Å². The highest BCUT2D eigenvalue weighted by molar-refractivity contribution is 6.30. The first-order chi connectivity index (χ1) is 12.1. The lowest BCUT2D eigenvalue weighted by molar-refractivity contribution is 0.256. The van der Waals surface area contributed by atoms with Crippen molar-refractivity contribution in [3.05, 3.63) is 34.9 Å². The van der Waals surface area contributed by atoms with E-state index < -0.39 is 0 Å². The van der Waals surface area contributed by atoms with Gasteiger partial charge in [-0.25, -0.2) is 0 Å². The Morgan fingerprint density at radius 1 is 1.36 bits per heavy atom. The number of halogens is 1. The smallest absolute Gasteiger partial charge is 0.191 e. The summed E-state index contributed by atoms with van der Waals surface area (Å²) in [6, 6.07) is 10.3. The predicted molar refractivity (Wildman–Crippen MR) is 104 cm³/mol. The number of hydrogen-bond donors (Lipinski definition) is 2. The molecule has 2 saturated carbocycles. The van der Waals surface area contributed by atoms with Crippen molar-refractivity contribution in [2.24, 2.45) is 4.99 Å². The number of likely N-dealkylation sites (tertiary alicyclic amines) is 1. The SMILES string of the molecule is CN=C(NCC1(c2cccc(Cl)c2)CC1)NC1CC(C)N(C2CC2)C1. The van der Waals surface area contributed by atoms with Crippen LogP contribution in [0.4, 0.5) is 0 Å². The number of guanidine groups is 1. The lowest BCUT2D eigenvalue weighted by Gasteiger charge is -2.22. The van der Waals surface area contributed by atoms with Crippen LogP contribution in [0.5, 0.6) is 0 Å². The predicted octanol–water partition coefficient (Wildman–Crippen LogP) is 3.16. The van der Waals surface area contributed by atoms with Crippen molar-refractivity contribution >= 4 is 17.6 Å². The normalized spacial score (nSPS) is 28.8. The standard InChI is InChI=1S/C20H29ClN4/c1-14-10-17(12-25(14)18-6-7-18)24-19(22-2)23-13-20(8-9-20)15-4-3-5-16(21)11-15/h3-5,11,14,17-18H,6-10,12-13H2,1-2H3,(H2,22,23,24). The van der Waals surface area contributed by atoms with Gasteiger partial charge in [0.2, 0.25) is 0 Å². The van der Waals surface area contributed by atoms with Gasteiger partial charge in [-0.2, -0.15) is 0 Å². The summed E-state index contributed by atoms with van der Waals surface area (Å²) in [5.41, 5.74) is 1.57. The van der Waals surface area contributed by atoms with Crippen molar-refractivity contribution in [3.8, 4) is 0 Å². The van der Waals surface area contributed by atoms with E-state index in [2.05, 4.69) is 45.6 Å². The van der Waals surface area contributed by atoms with Crippen molar-refractivity contribution in [2.45, 2.75) is 62.6 Å². The summed E-state index contributed by atoms with van der Waals surface area (Å²) in [7, 11) is 1.87. The Labute approximate surface area is 156 Å². The van der Waals surface area contributed by atoms with Gasteiger partial charge in [-0.05, 0) is 56.7 Å². The summed E-state index contributed by atoms with van der Waals surface area (Å²) in [6.07, 6.45) is 6.40. The zero-order valence-corrected chi connectivity index (χ0v) is 16.0. The lowest BCUT2D eigenvalue weighted by Crippen LogP contribution is -2.46. The zero-order valence-electron chi connectivity index (χ0n) is 15.3. The van der Waals surface area contributed by atoms with Gasteiger partial charge in [-0.15, -0.1) is 0 Å². The molecule has 2 aliphatic carbocycles. The Hall–Kier alpha value is -1.26. The summed E-state index contributed by atoms with van der Waals surface area (Å²) in [6.45, 7) is 4.42. The van der Waals surface area contributed by atoms with E-state index in [4.69, 9.17) is 11.6 Å². The molecule has 1 aromatic rings. The highest BCUT2D eigenvalue weighted by Crippen LogP contribution is 2.48. The van der Waals surface area contributed by atoms with Gasteiger partial charge >= 0.3 is 0 Å². The monoisotopic (exact) mass is 360 g/mol. The number of nitrogens with one attached hydrogen (secondary N) is 2. The fourth-order valence-electron chi connectivity index (χ4n) is 4.25. The minimum Gasteiger partial charge on any atom is -0.356 e. The summed E-state index contributed by atoms with van der Waals surface area (Å²) < 4.78 is 0. The molecule has 3 fully saturated rings. The van der Waals surface area contributed by atoms with Crippen molar-refractivity contribution < 1.29 is 0 Å². The van der Waals surface area contributed by atoms with Gasteiger partial charge in [-0.3, -0.25) is 9.89 Å². The maximum absolute atomic E-state index is 6.18. The molecule has 0 bridgehead atoms. The van der Waals surface area contributed by atoms with Gasteiger partial charge in [0, 0.05) is 48.7 Å². The molecule has 25 heavy (non-hydrogen) atoms. The van der Waals surface area contributed by atoms with Crippen molar-refractivity contribution in [3.63, 3.8) is 0 Å². The molecule has 4 rings (SSSR count). The lowest BCUT2D eigenvalue weighted by atomic mass is 9.96. The van der Waals surface area contributed by atoms with Crippen LogP contribution in [0.25, 0.3) is 0 Å². The molecule has 3 aliphatic rings. The van der Waals surface area contributed by atoms with E-state index in [-0.39, 0.29) is 5.41 Å². The minimum absolute atomic E-state index is 0.228. The van der Waals surface area contributed by atoms with Gasteiger partial charge in [0.25, 0.3) is 0 Å². The number of benzene rings is 1. The van der Waals surface area contributed by atoms with E-state index in [9.17, 15) is 0 Å². The maximum atomic E-state index is 6.18. The Balaban J connectivity index is 1.32. The first kappa shape index (κ1) is 17.2. The first-order valence-electron chi connectivity index (χ1n) is 9.59. The fraction of sp³-hybridized carbons (Fsp3) is 0.650. The van der Waals surface area contributed by atoms with Crippen molar-refractivity contribution in [1.29, 1.82) is 0 Å². The largest absolute Gasteiger partial charge is 0.356 e. The Kier molecular flexibility index (Phi) is 4.67. The molecule has 136 valence electrons. The summed E-state index contributed by atoms with van der Waals surface area (Å²) in [5, 5.41) is 8.04. The molecule has 4 nitrogen and oxygen atoms in total. The number of rotatable bonds is 5. The summed E-state index contributed by atoms with van der Waals surface area (Å²) in [4.78, 5) is 7.12. The summed E-state index contributed by atoms with van der Waals surface area (Å²) in [5.74, 6) is 0.933. The maximum Gasteiger partial charge on any atom is 0.191 e. The van der Waals surface area contributed by atoms with Crippen LogP contribution in [0.3, 0.4) is 0 Å². The molecule has 1 aliphatic heterocycles.